The number of likely N-dealkylation sites (tertiary alicyclic amines) is 2. The number of methoxy groups -OCH3 is 1. The van der Waals surface area contributed by atoms with Gasteiger partial charge in [-0.25, -0.2) is 19.7 Å². The molecule has 0 unspecified atom stereocenters. The Kier molecular flexibility index (Phi) is 18.6. The summed E-state index contributed by atoms with van der Waals surface area (Å²) < 4.78 is 12.3. The van der Waals surface area contributed by atoms with Gasteiger partial charge < -0.3 is 35.0 Å². The molecular weight excluding hydrogens is 1140 g/mol. The lowest BCUT2D eigenvalue weighted by Gasteiger charge is -2.46. The number of carbonyl (C=O) groups excluding carboxylic acids is 5. The van der Waals surface area contributed by atoms with Crippen molar-refractivity contribution in [2.24, 2.45) is 17.3 Å². The monoisotopic (exact) mass is 1220 g/mol. The van der Waals surface area contributed by atoms with Crippen LogP contribution in [0.1, 0.15) is 119 Å². The number of aliphatic hydroxyl groups is 1. The van der Waals surface area contributed by atoms with Crippen molar-refractivity contribution in [2.45, 2.75) is 123 Å². The summed E-state index contributed by atoms with van der Waals surface area (Å²) in [6.45, 7) is 10.9. The van der Waals surface area contributed by atoms with Crippen LogP contribution in [-0.2, 0) is 45.1 Å². The molecule has 1 aliphatic carbocycles. The van der Waals surface area contributed by atoms with Crippen LogP contribution < -0.4 is 25.6 Å². The molecule has 3 fully saturated rings. The molecule has 1 saturated carbocycles. The van der Waals surface area contributed by atoms with Gasteiger partial charge in [0.1, 0.15) is 17.8 Å². The highest BCUT2D eigenvalue weighted by Gasteiger charge is 2.46. The number of hydrogen-bond donors (Lipinski definition) is 4. The molecule has 4 aromatic carbocycles. The van der Waals surface area contributed by atoms with Crippen LogP contribution in [-0.4, -0.2) is 124 Å². The molecule has 86 heavy (non-hydrogen) atoms. The van der Waals surface area contributed by atoms with Crippen LogP contribution in [0.4, 0.5) is 10.3 Å². The maximum absolute atomic E-state index is 14.3. The van der Waals surface area contributed by atoms with Crippen LogP contribution >= 0.6 is 34.0 Å². The van der Waals surface area contributed by atoms with E-state index in [1.165, 1.54) is 34.7 Å². The Labute approximate surface area is 513 Å². The first-order chi connectivity index (χ1) is 41.5. The number of amides is 4. The molecule has 4 amide bonds. The van der Waals surface area contributed by atoms with E-state index in [1.807, 2.05) is 118 Å². The minimum Gasteiger partial charge on any atom is -0.494 e. The zero-order valence-corrected chi connectivity index (χ0v) is 51.7. The first-order valence-corrected chi connectivity index (χ1v) is 32.2. The molecule has 17 nitrogen and oxygen atoms in total. The molecule has 4 N–H and O–H groups in total. The topological polar surface area (TPSA) is 209 Å². The molecule has 448 valence electrons. The number of nitrogens with one attached hydrogen (secondary N) is 3. The predicted molar refractivity (Wildman–Crippen MR) is 336 cm³/mol. The quantitative estimate of drug-likeness (QED) is 0.0359. The minimum atomic E-state index is -0.870. The number of aryl methyl sites for hydroxylation is 2. The van der Waals surface area contributed by atoms with Gasteiger partial charge in [-0.15, -0.1) is 22.7 Å². The van der Waals surface area contributed by atoms with Gasteiger partial charge in [0, 0.05) is 74.2 Å². The van der Waals surface area contributed by atoms with E-state index in [4.69, 9.17) is 14.5 Å². The summed E-state index contributed by atoms with van der Waals surface area (Å²) in [5.74, 6) is 6.25. The summed E-state index contributed by atoms with van der Waals surface area (Å²) in [5.41, 5.74) is 8.85. The fourth-order valence-electron chi connectivity index (χ4n) is 12.0. The highest BCUT2D eigenvalue weighted by molar-refractivity contribution is 7.22. The lowest BCUT2D eigenvalue weighted by molar-refractivity contribution is -0.146. The molecule has 0 radical (unpaired) electrons. The van der Waals surface area contributed by atoms with Crippen molar-refractivity contribution in [3.63, 3.8) is 0 Å². The van der Waals surface area contributed by atoms with Crippen molar-refractivity contribution in [1.29, 1.82) is 0 Å². The molecule has 20 heteroatoms. The molecule has 4 aliphatic rings. The van der Waals surface area contributed by atoms with Gasteiger partial charge in [-0.3, -0.25) is 29.4 Å². The number of ether oxygens (including phenoxy) is 2. The fourth-order valence-corrected chi connectivity index (χ4v) is 14.8. The van der Waals surface area contributed by atoms with Gasteiger partial charge in [0.2, 0.25) is 17.7 Å². The van der Waals surface area contributed by atoms with Gasteiger partial charge in [-0.05, 0) is 128 Å². The van der Waals surface area contributed by atoms with Crippen molar-refractivity contribution < 1.29 is 38.6 Å². The third-order valence-electron chi connectivity index (χ3n) is 17.0. The van der Waals surface area contributed by atoms with Crippen LogP contribution in [0.2, 0.25) is 0 Å². The van der Waals surface area contributed by atoms with E-state index in [0.717, 1.165) is 97.8 Å². The van der Waals surface area contributed by atoms with Gasteiger partial charge in [0.25, 0.3) is 5.91 Å². The number of benzene rings is 4. The van der Waals surface area contributed by atoms with E-state index in [9.17, 15) is 29.1 Å². The maximum atomic E-state index is 14.3. The van der Waals surface area contributed by atoms with Crippen LogP contribution in [0.3, 0.4) is 0 Å². The summed E-state index contributed by atoms with van der Waals surface area (Å²) in [6, 6.07) is 28.1. The standard InChI is InChI=1S/C66H73N9O8S3/c1-40-57(84-39-68-40)45-24-18-43(19-25-45)34-67-61(79)53-33-48(76)37-75(53)62(80)58(66(2,3)4)71-59(77)46-35-74(36-46)47-26-20-41(21-27-47)11-8-12-42-22-28-49(29-23-42)83-32-10-17-55-56(63(81)82-5)70-65(86-55)73-31-30-44-13-9-14-50(51(44)38-73)60(78)72-64-69-52-15-6-7-16-54(52)85-64/h6-7,9,13-16,18-19,22-25,28-29,39,41,46-48,53,58,76H,10-11,17,20-21,26-27,30-38H2,1-5H3,(H,67,79)(H,71,77)(H,69,72,78)/t41?,47?,48-,53+,58-/m1/s1. The molecule has 3 aromatic heterocycles. The van der Waals surface area contributed by atoms with Crippen molar-refractivity contribution in [3.05, 3.63) is 141 Å². The zero-order valence-electron chi connectivity index (χ0n) is 49.2. The van der Waals surface area contributed by atoms with Gasteiger partial charge >= 0.3 is 5.97 Å². The highest BCUT2D eigenvalue weighted by atomic mass is 32.1. The SMILES string of the molecule is COC(=O)c1nc(N2CCc3cccc(C(=O)Nc4nc5ccccc5s4)c3C2)sc1CCCOc1ccc(C#CCC2CCC(N3CC(C(=O)N[C@H](C(=O)N4C[C@H](O)C[C@H]4C(=O)NCc4ccc(-c5scnc5C)cc4)C(C)(C)C)C3)CC2)cc1. The summed E-state index contributed by atoms with van der Waals surface area (Å²) in [5, 5.41) is 21.1. The number of anilines is 2. The average Bonchev–Trinajstić information content (AvgIpc) is 2.29. The van der Waals surface area contributed by atoms with Crippen molar-refractivity contribution in [2.75, 3.05) is 50.1 Å². The summed E-state index contributed by atoms with van der Waals surface area (Å²) in [7, 11) is 1.37. The summed E-state index contributed by atoms with van der Waals surface area (Å²) in [4.78, 5) is 89.9. The molecule has 2 saturated heterocycles. The number of aliphatic hydroxyl groups excluding tert-OH is 1. The number of thiazole rings is 3. The Morgan fingerprint density at radius 3 is 2.40 bits per heavy atom. The van der Waals surface area contributed by atoms with Crippen molar-refractivity contribution in [1.82, 2.24) is 35.4 Å². The van der Waals surface area contributed by atoms with E-state index < -0.39 is 29.6 Å². The Hall–Kier alpha value is -7.54. The number of rotatable bonds is 18. The molecule has 6 heterocycles. The number of fused-ring (bicyclic) bond motifs is 2. The first kappa shape index (κ1) is 60.2. The number of para-hydroxylation sites is 1. The van der Waals surface area contributed by atoms with Crippen molar-refractivity contribution in [3.8, 4) is 28.0 Å². The zero-order chi connectivity index (χ0) is 60.1. The van der Waals surface area contributed by atoms with Crippen LogP contribution in [0.15, 0.2) is 96.5 Å². The first-order valence-electron chi connectivity index (χ1n) is 29.7. The number of carbonyl (C=O) groups is 5. The Morgan fingerprint density at radius 1 is 0.884 bits per heavy atom. The summed E-state index contributed by atoms with van der Waals surface area (Å²) >= 11 is 4.51. The number of β-amino-alcohol motifs (C(OH)–C–C–N with tert-alkyl or cyclic N) is 1. The normalized spacial score (nSPS) is 19.2. The number of nitrogens with zero attached hydrogens (tertiary/aromatic N) is 6. The second-order valence-corrected chi connectivity index (χ2v) is 27.0. The summed E-state index contributed by atoms with van der Waals surface area (Å²) in [6.07, 6.45) is 6.31. The van der Waals surface area contributed by atoms with E-state index >= 15 is 0 Å². The Balaban J connectivity index is 0.596. The van der Waals surface area contributed by atoms with Gasteiger partial charge in [0.05, 0.1) is 52.0 Å². The number of hydrogen-bond acceptors (Lipinski definition) is 16. The smallest absolute Gasteiger partial charge is 0.357 e. The molecule has 11 rings (SSSR count). The molecular formula is C66H73N9O8S3. The fraction of sp³-hybridized carbons (Fsp3) is 0.424. The second kappa shape index (κ2) is 26.6. The molecule has 3 aliphatic heterocycles. The largest absolute Gasteiger partial charge is 0.494 e. The second-order valence-electron chi connectivity index (χ2n) is 24.0. The molecule has 7 aromatic rings. The van der Waals surface area contributed by atoms with E-state index in [0.29, 0.717) is 79.1 Å². The maximum Gasteiger partial charge on any atom is 0.357 e. The van der Waals surface area contributed by atoms with Crippen LogP contribution in [0, 0.1) is 36.0 Å². The third-order valence-corrected chi connectivity index (χ3v) is 20.1. The van der Waals surface area contributed by atoms with Gasteiger partial charge in [0.15, 0.2) is 16.0 Å². The Bertz CT molecular complexity index is 3630. The van der Waals surface area contributed by atoms with Crippen LogP contribution in [0.5, 0.6) is 5.75 Å². The van der Waals surface area contributed by atoms with E-state index in [1.54, 1.807) is 11.3 Å². The van der Waals surface area contributed by atoms with Gasteiger partial charge in [-0.2, -0.15) is 0 Å². The Morgan fingerprint density at radius 2 is 1.66 bits per heavy atom. The van der Waals surface area contributed by atoms with Crippen molar-refractivity contribution >= 4 is 84.1 Å². The lowest BCUT2D eigenvalue weighted by atomic mass is 9.81. The van der Waals surface area contributed by atoms with E-state index in [-0.39, 0.29) is 49.1 Å². The lowest BCUT2D eigenvalue weighted by Crippen LogP contribution is -2.62. The third kappa shape index (κ3) is 14.0. The van der Waals surface area contributed by atoms with E-state index in [2.05, 4.69) is 53.6 Å². The number of esters is 1. The minimum absolute atomic E-state index is 0.0261. The number of aromatic nitrogens is 3. The highest BCUT2D eigenvalue weighted by Crippen LogP contribution is 2.37. The molecule has 3 atom stereocenters. The predicted octanol–water partition coefficient (Wildman–Crippen LogP) is 9.84. The van der Waals surface area contributed by atoms with Gasteiger partial charge in [-0.1, -0.05) is 92.5 Å². The molecule has 0 bridgehead atoms. The van der Waals surface area contributed by atoms with Crippen LogP contribution in [0.25, 0.3) is 20.7 Å². The average molecular weight is 1220 g/mol. The molecule has 0 spiro atoms.